The Morgan fingerprint density at radius 1 is 1.21 bits per heavy atom. The first-order valence-electron chi connectivity index (χ1n) is 6.34. The Morgan fingerprint density at radius 2 is 1.95 bits per heavy atom. The summed E-state index contributed by atoms with van der Waals surface area (Å²) in [6.45, 7) is 1.85. The van der Waals surface area contributed by atoms with Crippen molar-refractivity contribution in [3.05, 3.63) is 57.2 Å². The van der Waals surface area contributed by atoms with Crippen molar-refractivity contribution in [2.75, 3.05) is 20.6 Å². The van der Waals surface area contributed by atoms with Gasteiger partial charge in [-0.1, -0.05) is 41.9 Å². The highest BCUT2D eigenvalue weighted by molar-refractivity contribution is 7.16. The molecule has 0 bridgehead atoms. The van der Waals surface area contributed by atoms with E-state index in [1.54, 1.807) is 11.3 Å². The van der Waals surface area contributed by atoms with Gasteiger partial charge in [-0.25, -0.2) is 0 Å². The largest absolute Gasteiger partial charge is 0.318 e. The molecule has 2 aromatic rings. The summed E-state index contributed by atoms with van der Waals surface area (Å²) in [4.78, 5) is 3.65. The molecule has 1 heterocycles. The van der Waals surface area contributed by atoms with Gasteiger partial charge in [0.2, 0.25) is 0 Å². The van der Waals surface area contributed by atoms with Crippen LogP contribution in [0.25, 0.3) is 0 Å². The molecule has 2 rings (SSSR count). The highest BCUT2D eigenvalue weighted by atomic mass is 35.5. The number of likely N-dealkylation sites (N-methyl/N-ethyl adjacent to an activating group) is 2. The Labute approximate surface area is 124 Å². The molecule has 0 aliphatic carbocycles. The number of halogens is 1. The van der Waals surface area contributed by atoms with E-state index in [1.165, 1.54) is 10.4 Å². The van der Waals surface area contributed by atoms with Gasteiger partial charge in [-0.05, 0) is 31.8 Å². The Hall–Kier alpha value is -0.870. The van der Waals surface area contributed by atoms with Crippen LogP contribution in [-0.4, -0.2) is 25.5 Å². The fraction of sp³-hybridized carbons (Fsp3) is 0.333. The van der Waals surface area contributed by atoms with Crippen molar-refractivity contribution in [2.24, 2.45) is 0 Å². The van der Waals surface area contributed by atoms with E-state index in [2.05, 4.69) is 53.7 Å². The van der Waals surface area contributed by atoms with Crippen LogP contribution in [0.3, 0.4) is 0 Å². The average molecular weight is 295 g/mol. The minimum absolute atomic E-state index is 0.368. The predicted octanol–water partition coefficient (Wildman–Crippen LogP) is 3.79. The predicted molar refractivity (Wildman–Crippen MR) is 83.9 cm³/mol. The van der Waals surface area contributed by atoms with E-state index in [9.17, 15) is 0 Å². The topological polar surface area (TPSA) is 15.3 Å². The highest BCUT2D eigenvalue weighted by Crippen LogP contribution is 2.26. The molecule has 0 fully saturated rings. The molecule has 0 aliphatic heterocycles. The second-order valence-corrected chi connectivity index (χ2v) is 6.40. The third-order valence-corrected chi connectivity index (χ3v) is 4.36. The summed E-state index contributed by atoms with van der Waals surface area (Å²) < 4.78 is 0.855. The van der Waals surface area contributed by atoms with E-state index in [1.807, 2.05) is 13.1 Å². The van der Waals surface area contributed by atoms with Gasteiger partial charge in [0.15, 0.2) is 0 Å². The van der Waals surface area contributed by atoms with Gasteiger partial charge in [0.05, 0.1) is 4.34 Å². The molecule has 19 heavy (non-hydrogen) atoms. The molecular weight excluding hydrogens is 276 g/mol. The van der Waals surface area contributed by atoms with Crippen LogP contribution in [0.4, 0.5) is 0 Å². The molecular formula is C15H19ClN2S. The number of benzene rings is 1. The zero-order valence-electron chi connectivity index (χ0n) is 11.3. The van der Waals surface area contributed by atoms with Crippen molar-refractivity contribution < 1.29 is 0 Å². The van der Waals surface area contributed by atoms with Gasteiger partial charge < -0.3 is 5.32 Å². The van der Waals surface area contributed by atoms with Crippen molar-refractivity contribution in [3.63, 3.8) is 0 Å². The van der Waals surface area contributed by atoms with E-state index in [0.717, 1.165) is 17.4 Å². The van der Waals surface area contributed by atoms with Gasteiger partial charge >= 0.3 is 0 Å². The smallest absolute Gasteiger partial charge is 0.0931 e. The first kappa shape index (κ1) is 14.5. The van der Waals surface area contributed by atoms with Crippen molar-refractivity contribution in [3.8, 4) is 0 Å². The maximum Gasteiger partial charge on any atom is 0.0931 e. The lowest BCUT2D eigenvalue weighted by atomic mass is 10.1. The summed E-state index contributed by atoms with van der Waals surface area (Å²) in [5.74, 6) is 0. The molecule has 0 aliphatic rings. The van der Waals surface area contributed by atoms with E-state index in [4.69, 9.17) is 11.6 Å². The molecule has 1 atom stereocenters. The molecule has 0 saturated heterocycles. The maximum absolute atomic E-state index is 5.99. The Kier molecular flexibility index (Phi) is 5.40. The highest BCUT2D eigenvalue weighted by Gasteiger charge is 2.16. The second-order valence-electron chi connectivity index (χ2n) is 4.61. The lowest BCUT2D eigenvalue weighted by Crippen LogP contribution is -2.31. The van der Waals surface area contributed by atoms with Gasteiger partial charge in [0, 0.05) is 24.0 Å². The van der Waals surface area contributed by atoms with Crippen LogP contribution in [0.15, 0.2) is 42.5 Å². The molecule has 4 heteroatoms. The second kappa shape index (κ2) is 7.06. The molecule has 0 radical (unpaired) electrons. The van der Waals surface area contributed by atoms with Gasteiger partial charge in [0.1, 0.15) is 0 Å². The number of hydrogen-bond donors (Lipinski definition) is 1. The normalized spacial score (nSPS) is 12.8. The van der Waals surface area contributed by atoms with E-state index < -0.39 is 0 Å². The molecule has 0 spiro atoms. The van der Waals surface area contributed by atoms with E-state index in [-0.39, 0.29) is 0 Å². The van der Waals surface area contributed by atoms with Crippen LogP contribution in [0.1, 0.15) is 16.5 Å². The summed E-state index contributed by atoms with van der Waals surface area (Å²) in [7, 11) is 4.15. The number of nitrogens with one attached hydrogen (secondary N) is 1. The third-order valence-electron chi connectivity index (χ3n) is 3.15. The monoisotopic (exact) mass is 294 g/mol. The summed E-state index contributed by atoms with van der Waals surface area (Å²) in [6, 6.07) is 15.0. The molecule has 1 aromatic heterocycles. The van der Waals surface area contributed by atoms with E-state index >= 15 is 0 Å². The fourth-order valence-corrected chi connectivity index (χ4v) is 3.34. The quantitative estimate of drug-likeness (QED) is 0.872. The molecule has 0 saturated carbocycles. The van der Waals surface area contributed by atoms with Crippen molar-refractivity contribution in [2.45, 2.75) is 12.6 Å². The van der Waals surface area contributed by atoms with Crippen LogP contribution in [0.5, 0.6) is 0 Å². The summed E-state index contributed by atoms with van der Waals surface area (Å²) in [6.07, 6.45) is 0. The molecule has 102 valence electrons. The van der Waals surface area contributed by atoms with Crippen LogP contribution >= 0.6 is 22.9 Å². The summed E-state index contributed by atoms with van der Waals surface area (Å²) >= 11 is 7.64. The molecule has 0 amide bonds. The maximum atomic E-state index is 5.99. The molecule has 2 nitrogen and oxygen atoms in total. The van der Waals surface area contributed by atoms with Crippen molar-refractivity contribution in [1.29, 1.82) is 0 Å². The van der Waals surface area contributed by atoms with Crippen LogP contribution in [0, 0.1) is 0 Å². The Balaban J connectivity index is 2.10. The van der Waals surface area contributed by atoms with Crippen LogP contribution < -0.4 is 5.32 Å². The minimum Gasteiger partial charge on any atom is -0.318 e. The number of rotatable bonds is 6. The molecule has 1 N–H and O–H groups in total. The van der Waals surface area contributed by atoms with Crippen molar-refractivity contribution in [1.82, 2.24) is 10.2 Å². The SMILES string of the molecule is CNCC(c1ccccc1)N(C)Cc1ccc(Cl)s1. The Bertz CT molecular complexity index is 498. The minimum atomic E-state index is 0.368. The number of nitrogens with zero attached hydrogens (tertiary/aromatic N) is 1. The first-order valence-corrected chi connectivity index (χ1v) is 7.54. The first-order chi connectivity index (χ1) is 9.20. The zero-order chi connectivity index (χ0) is 13.7. The van der Waals surface area contributed by atoms with Gasteiger partial charge in [-0.15, -0.1) is 11.3 Å². The van der Waals surface area contributed by atoms with Gasteiger partial charge in [-0.3, -0.25) is 4.90 Å². The van der Waals surface area contributed by atoms with Gasteiger partial charge in [0.25, 0.3) is 0 Å². The standard InChI is InChI=1S/C15H19ClN2S/c1-17-10-14(12-6-4-3-5-7-12)18(2)11-13-8-9-15(16)19-13/h3-9,14,17H,10-11H2,1-2H3. The van der Waals surface area contributed by atoms with Crippen LogP contribution in [0.2, 0.25) is 4.34 Å². The summed E-state index contributed by atoms with van der Waals surface area (Å²) in [5, 5.41) is 3.27. The van der Waals surface area contributed by atoms with E-state index in [0.29, 0.717) is 6.04 Å². The fourth-order valence-electron chi connectivity index (χ4n) is 2.19. The lowest BCUT2D eigenvalue weighted by Gasteiger charge is -2.28. The number of thiophene rings is 1. The van der Waals surface area contributed by atoms with Crippen LogP contribution in [-0.2, 0) is 6.54 Å². The number of hydrogen-bond acceptors (Lipinski definition) is 3. The summed E-state index contributed by atoms with van der Waals surface area (Å²) in [5.41, 5.74) is 1.34. The van der Waals surface area contributed by atoms with Gasteiger partial charge in [-0.2, -0.15) is 0 Å². The third kappa shape index (κ3) is 4.05. The lowest BCUT2D eigenvalue weighted by molar-refractivity contribution is 0.235. The van der Waals surface area contributed by atoms with Crippen molar-refractivity contribution >= 4 is 22.9 Å². The molecule has 1 aromatic carbocycles. The zero-order valence-corrected chi connectivity index (χ0v) is 12.8. The Morgan fingerprint density at radius 3 is 2.53 bits per heavy atom. The molecule has 1 unspecified atom stereocenters. The average Bonchev–Trinajstić information content (AvgIpc) is 2.82.